The molecule has 0 saturated carbocycles. The van der Waals surface area contributed by atoms with E-state index in [1.165, 1.54) is 4.57 Å². The lowest BCUT2D eigenvalue weighted by Crippen LogP contribution is -2.11. The highest BCUT2D eigenvalue weighted by Gasteiger charge is 2.11. The maximum absolute atomic E-state index is 12.3. The van der Waals surface area contributed by atoms with E-state index in [1.54, 1.807) is 49.5 Å². The minimum Gasteiger partial charge on any atom is -0.494 e. The quantitative estimate of drug-likeness (QED) is 0.804. The lowest BCUT2D eigenvalue weighted by molar-refractivity contribution is 0.102. The number of nitrogens with zero attached hydrogens (tertiary/aromatic N) is 1. The Kier molecular flexibility index (Phi) is 3.89. The van der Waals surface area contributed by atoms with E-state index in [0.29, 0.717) is 29.0 Å². The molecule has 3 aromatic rings. The number of aryl methyl sites for hydroxylation is 1. The van der Waals surface area contributed by atoms with Crippen LogP contribution in [0, 0.1) is 0 Å². The monoisotopic (exact) mass is 312 g/mol. The van der Waals surface area contributed by atoms with Gasteiger partial charge in [0.1, 0.15) is 5.75 Å². The van der Waals surface area contributed by atoms with Crippen LogP contribution in [0.4, 0.5) is 5.69 Å². The molecule has 0 aliphatic rings. The Morgan fingerprint density at radius 1 is 1.22 bits per heavy atom. The number of amides is 1. The summed E-state index contributed by atoms with van der Waals surface area (Å²) in [5.74, 6) is 0.0182. The van der Waals surface area contributed by atoms with E-state index in [9.17, 15) is 9.59 Å². The van der Waals surface area contributed by atoms with Crippen LogP contribution in [0.15, 0.2) is 51.7 Å². The zero-order valence-electron chi connectivity index (χ0n) is 12.8. The van der Waals surface area contributed by atoms with Gasteiger partial charge >= 0.3 is 5.76 Å². The number of rotatable bonds is 4. The molecule has 1 amide bonds. The van der Waals surface area contributed by atoms with Gasteiger partial charge in [-0.05, 0) is 49.4 Å². The molecule has 3 rings (SSSR count). The van der Waals surface area contributed by atoms with Crippen molar-refractivity contribution in [3.8, 4) is 5.75 Å². The lowest BCUT2D eigenvalue weighted by atomic mass is 10.2. The number of ether oxygens (including phenoxy) is 1. The SMILES string of the molecule is CCOc1ccc(NC(=O)c2ccc3c(c2)oc(=O)n3C)cc1. The fraction of sp³-hybridized carbons (Fsp3) is 0.176. The van der Waals surface area contributed by atoms with Gasteiger partial charge in [-0.1, -0.05) is 0 Å². The summed E-state index contributed by atoms with van der Waals surface area (Å²) in [7, 11) is 1.62. The van der Waals surface area contributed by atoms with Crippen molar-refractivity contribution in [3.05, 3.63) is 58.6 Å². The van der Waals surface area contributed by atoms with Gasteiger partial charge < -0.3 is 14.5 Å². The van der Waals surface area contributed by atoms with Crippen molar-refractivity contribution in [3.63, 3.8) is 0 Å². The van der Waals surface area contributed by atoms with Gasteiger partial charge in [-0.25, -0.2) is 4.79 Å². The Morgan fingerprint density at radius 3 is 2.65 bits per heavy atom. The minimum absolute atomic E-state index is 0.275. The van der Waals surface area contributed by atoms with E-state index < -0.39 is 5.76 Å². The molecule has 0 atom stereocenters. The third-order valence-electron chi connectivity index (χ3n) is 3.48. The van der Waals surface area contributed by atoms with Crippen LogP contribution in [-0.4, -0.2) is 17.1 Å². The topological polar surface area (TPSA) is 73.5 Å². The fourth-order valence-electron chi connectivity index (χ4n) is 2.28. The highest BCUT2D eigenvalue weighted by Crippen LogP contribution is 2.18. The molecular formula is C17H16N2O4. The molecule has 23 heavy (non-hydrogen) atoms. The van der Waals surface area contributed by atoms with Gasteiger partial charge in [0.25, 0.3) is 5.91 Å². The highest BCUT2D eigenvalue weighted by atomic mass is 16.5. The zero-order valence-corrected chi connectivity index (χ0v) is 12.8. The van der Waals surface area contributed by atoms with Crippen molar-refractivity contribution in [2.24, 2.45) is 7.05 Å². The number of carbonyl (C=O) groups is 1. The van der Waals surface area contributed by atoms with Gasteiger partial charge in [0.2, 0.25) is 0 Å². The number of aromatic nitrogens is 1. The molecular weight excluding hydrogens is 296 g/mol. The van der Waals surface area contributed by atoms with Gasteiger partial charge in [-0.15, -0.1) is 0 Å². The minimum atomic E-state index is -0.455. The first-order chi connectivity index (χ1) is 11.1. The summed E-state index contributed by atoms with van der Waals surface area (Å²) in [6.07, 6.45) is 0. The third-order valence-corrected chi connectivity index (χ3v) is 3.48. The molecule has 0 aliphatic carbocycles. The molecule has 2 aromatic carbocycles. The average molecular weight is 312 g/mol. The second-order valence-corrected chi connectivity index (χ2v) is 5.02. The van der Waals surface area contributed by atoms with Crippen LogP contribution in [0.25, 0.3) is 11.1 Å². The second kappa shape index (κ2) is 6.00. The molecule has 0 bridgehead atoms. The molecule has 0 saturated heterocycles. The van der Waals surface area contributed by atoms with Gasteiger partial charge in [-0.3, -0.25) is 9.36 Å². The molecule has 1 heterocycles. The van der Waals surface area contributed by atoms with E-state index in [0.717, 1.165) is 5.75 Å². The number of hydrogen-bond acceptors (Lipinski definition) is 4. The first kappa shape index (κ1) is 14.9. The molecule has 0 radical (unpaired) electrons. The van der Waals surface area contributed by atoms with Gasteiger partial charge in [0, 0.05) is 18.3 Å². The molecule has 6 heteroatoms. The third kappa shape index (κ3) is 2.96. The van der Waals surface area contributed by atoms with Gasteiger partial charge in [0.05, 0.1) is 12.1 Å². The van der Waals surface area contributed by atoms with Crippen LogP contribution >= 0.6 is 0 Å². The summed E-state index contributed by atoms with van der Waals surface area (Å²) in [6, 6.07) is 12.0. The highest BCUT2D eigenvalue weighted by molar-refractivity contribution is 6.05. The Balaban J connectivity index is 1.81. The van der Waals surface area contributed by atoms with Crippen LogP contribution in [0.5, 0.6) is 5.75 Å². The number of hydrogen-bond donors (Lipinski definition) is 1. The standard InChI is InChI=1S/C17H16N2O4/c1-3-22-13-7-5-12(6-8-13)18-16(20)11-4-9-14-15(10-11)23-17(21)19(14)2/h4-10H,3H2,1-2H3,(H,18,20). The van der Waals surface area contributed by atoms with Gasteiger partial charge in [0.15, 0.2) is 5.58 Å². The Hall–Kier alpha value is -3.02. The smallest absolute Gasteiger partial charge is 0.419 e. The fourth-order valence-corrected chi connectivity index (χ4v) is 2.28. The Labute approximate surface area is 132 Å². The van der Waals surface area contributed by atoms with Crippen molar-refractivity contribution in [2.45, 2.75) is 6.92 Å². The van der Waals surface area contributed by atoms with Crippen LogP contribution in [-0.2, 0) is 7.05 Å². The lowest BCUT2D eigenvalue weighted by Gasteiger charge is -2.07. The van der Waals surface area contributed by atoms with Crippen LogP contribution in [0.3, 0.4) is 0 Å². The summed E-state index contributed by atoms with van der Waals surface area (Å²) in [6.45, 7) is 2.50. The maximum Gasteiger partial charge on any atom is 0.419 e. The van der Waals surface area contributed by atoms with Gasteiger partial charge in [-0.2, -0.15) is 0 Å². The molecule has 0 unspecified atom stereocenters. The molecule has 118 valence electrons. The number of anilines is 1. The van der Waals surface area contributed by atoms with Crippen molar-refractivity contribution >= 4 is 22.7 Å². The summed E-state index contributed by atoms with van der Waals surface area (Å²) < 4.78 is 11.8. The number of carbonyl (C=O) groups excluding carboxylic acids is 1. The molecule has 6 nitrogen and oxygen atoms in total. The molecule has 0 fully saturated rings. The largest absolute Gasteiger partial charge is 0.494 e. The van der Waals surface area contributed by atoms with E-state index >= 15 is 0 Å². The van der Waals surface area contributed by atoms with Crippen molar-refractivity contribution < 1.29 is 13.9 Å². The van der Waals surface area contributed by atoms with Crippen LogP contribution < -0.4 is 15.8 Å². The predicted octanol–water partition coefficient (Wildman–Crippen LogP) is 2.78. The predicted molar refractivity (Wildman–Crippen MR) is 87.0 cm³/mol. The first-order valence-corrected chi connectivity index (χ1v) is 7.22. The van der Waals surface area contributed by atoms with E-state index in [2.05, 4.69) is 5.32 Å². The zero-order chi connectivity index (χ0) is 16.4. The van der Waals surface area contributed by atoms with Crippen molar-refractivity contribution in [1.29, 1.82) is 0 Å². The second-order valence-electron chi connectivity index (χ2n) is 5.02. The normalized spacial score (nSPS) is 10.7. The van der Waals surface area contributed by atoms with E-state index in [1.807, 2.05) is 6.92 Å². The van der Waals surface area contributed by atoms with Crippen LogP contribution in [0.2, 0.25) is 0 Å². The number of fused-ring (bicyclic) bond motifs is 1. The average Bonchev–Trinajstić information content (AvgIpc) is 2.83. The molecule has 0 aliphatic heterocycles. The van der Waals surface area contributed by atoms with Crippen molar-refractivity contribution in [1.82, 2.24) is 4.57 Å². The first-order valence-electron chi connectivity index (χ1n) is 7.22. The van der Waals surface area contributed by atoms with E-state index in [4.69, 9.17) is 9.15 Å². The number of benzene rings is 2. The Morgan fingerprint density at radius 2 is 1.96 bits per heavy atom. The molecule has 1 aromatic heterocycles. The summed E-state index contributed by atoms with van der Waals surface area (Å²) >= 11 is 0. The van der Waals surface area contributed by atoms with E-state index in [-0.39, 0.29) is 5.91 Å². The van der Waals surface area contributed by atoms with Crippen LogP contribution in [0.1, 0.15) is 17.3 Å². The summed E-state index contributed by atoms with van der Waals surface area (Å²) in [5, 5.41) is 2.79. The number of oxazole rings is 1. The molecule has 1 N–H and O–H groups in total. The maximum atomic E-state index is 12.3. The summed E-state index contributed by atoms with van der Waals surface area (Å²) in [5.41, 5.74) is 2.11. The van der Waals surface area contributed by atoms with Crippen molar-refractivity contribution in [2.75, 3.05) is 11.9 Å². The Bertz CT molecular complexity index is 906. The number of nitrogens with one attached hydrogen (secondary N) is 1. The summed E-state index contributed by atoms with van der Waals surface area (Å²) in [4.78, 5) is 23.8. The molecule has 0 spiro atoms.